The Bertz CT molecular complexity index is 158. The first-order valence-electron chi connectivity index (χ1n) is 5.39. The van der Waals surface area contributed by atoms with Gasteiger partial charge in [0.1, 0.15) is 6.04 Å². The third-order valence-corrected chi connectivity index (χ3v) is 3.74. The van der Waals surface area contributed by atoms with E-state index in [4.69, 9.17) is 0 Å². The molecule has 2 aliphatic heterocycles. The summed E-state index contributed by atoms with van der Waals surface area (Å²) >= 11 is 0. The van der Waals surface area contributed by atoms with Crippen molar-refractivity contribution >= 4 is 0 Å². The summed E-state index contributed by atoms with van der Waals surface area (Å²) in [5.41, 5.74) is 0. The summed E-state index contributed by atoms with van der Waals surface area (Å²) in [7, 11) is 2.36. The van der Waals surface area contributed by atoms with E-state index >= 15 is 0 Å². The smallest absolute Gasteiger partial charge is 0.103 e. The summed E-state index contributed by atoms with van der Waals surface area (Å²) in [6, 6.07) is 1.84. The van der Waals surface area contributed by atoms with Crippen molar-refractivity contribution in [2.45, 2.75) is 38.3 Å². The Labute approximate surface area is 75.5 Å². The molecule has 0 amide bonds. The van der Waals surface area contributed by atoms with E-state index in [1.807, 2.05) is 0 Å². The van der Waals surface area contributed by atoms with Crippen molar-refractivity contribution in [3.63, 3.8) is 0 Å². The van der Waals surface area contributed by atoms with E-state index in [-0.39, 0.29) is 0 Å². The van der Waals surface area contributed by atoms with E-state index in [0.29, 0.717) is 0 Å². The molecule has 3 unspecified atom stereocenters. The van der Waals surface area contributed by atoms with Gasteiger partial charge in [-0.1, -0.05) is 6.92 Å². The van der Waals surface area contributed by atoms with Gasteiger partial charge >= 0.3 is 0 Å². The van der Waals surface area contributed by atoms with Crippen molar-refractivity contribution < 1.29 is 4.90 Å². The predicted molar refractivity (Wildman–Crippen MR) is 50.4 cm³/mol. The van der Waals surface area contributed by atoms with E-state index in [1.165, 1.54) is 38.9 Å². The second kappa shape index (κ2) is 3.35. The van der Waals surface area contributed by atoms with E-state index in [0.717, 1.165) is 12.1 Å². The minimum absolute atomic E-state index is 0.918. The van der Waals surface area contributed by atoms with Crippen molar-refractivity contribution in [3.8, 4) is 0 Å². The lowest BCUT2D eigenvalue weighted by Crippen LogP contribution is -3.16. The van der Waals surface area contributed by atoms with Crippen LogP contribution in [-0.4, -0.2) is 43.7 Å². The first kappa shape index (κ1) is 8.52. The summed E-state index contributed by atoms with van der Waals surface area (Å²) in [6.07, 6.45) is 4.25. The maximum Gasteiger partial charge on any atom is 0.103 e. The third-order valence-electron chi connectivity index (χ3n) is 3.74. The average Bonchev–Trinajstić information content (AvgIpc) is 2.52. The molecule has 2 saturated heterocycles. The van der Waals surface area contributed by atoms with Gasteiger partial charge in [0.15, 0.2) is 0 Å². The number of rotatable bonds is 1. The van der Waals surface area contributed by atoms with Gasteiger partial charge in [0, 0.05) is 6.54 Å². The molecule has 3 atom stereocenters. The SMILES string of the molecule is CCC1C2CCCN2CC[NH+]1C. The van der Waals surface area contributed by atoms with E-state index < -0.39 is 0 Å². The first-order valence-corrected chi connectivity index (χ1v) is 5.39. The molecule has 2 fully saturated rings. The monoisotopic (exact) mass is 169 g/mol. The maximum absolute atomic E-state index is 2.71. The Hall–Kier alpha value is -0.0800. The minimum Gasteiger partial charge on any atom is -0.333 e. The molecule has 70 valence electrons. The standard InChI is InChI=1S/C10H20N2/c1-3-9-10-5-4-6-12(10)8-7-11(9)2/h9-10H,3-8H2,1-2H3/p+1. The lowest BCUT2D eigenvalue weighted by Gasteiger charge is -2.39. The van der Waals surface area contributed by atoms with Crippen molar-refractivity contribution in [3.05, 3.63) is 0 Å². The molecule has 0 aliphatic carbocycles. The van der Waals surface area contributed by atoms with Gasteiger partial charge < -0.3 is 4.90 Å². The van der Waals surface area contributed by atoms with Crippen LogP contribution in [0.2, 0.25) is 0 Å². The summed E-state index contributed by atoms with van der Waals surface area (Å²) in [4.78, 5) is 4.47. The highest BCUT2D eigenvalue weighted by Crippen LogP contribution is 2.21. The van der Waals surface area contributed by atoms with Crippen LogP contribution >= 0.6 is 0 Å². The zero-order valence-electron chi connectivity index (χ0n) is 8.34. The van der Waals surface area contributed by atoms with Crippen LogP contribution < -0.4 is 4.90 Å². The number of fused-ring (bicyclic) bond motifs is 1. The number of likely N-dealkylation sites (N-methyl/N-ethyl adjacent to an activating group) is 1. The number of piperazine rings is 1. The molecule has 2 heteroatoms. The zero-order valence-corrected chi connectivity index (χ0v) is 8.34. The number of hydrogen-bond donors (Lipinski definition) is 1. The number of nitrogens with one attached hydrogen (secondary N) is 1. The highest BCUT2D eigenvalue weighted by molar-refractivity contribution is 4.86. The molecule has 2 rings (SSSR count). The Morgan fingerprint density at radius 3 is 3.00 bits per heavy atom. The van der Waals surface area contributed by atoms with Crippen LogP contribution in [0.25, 0.3) is 0 Å². The molecule has 0 saturated carbocycles. The molecule has 0 radical (unpaired) electrons. The zero-order chi connectivity index (χ0) is 8.55. The van der Waals surface area contributed by atoms with Gasteiger partial charge in [-0.05, 0) is 25.8 Å². The fraction of sp³-hybridized carbons (Fsp3) is 1.00. The van der Waals surface area contributed by atoms with Gasteiger partial charge in [0.25, 0.3) is 0 Å². The van der Waals surface area contributed by atoms with Gasteiger partial charge in [-0.25, -0.2) is 0 Å². The highest BCUT2D eigenvalue weighted by atomic mass is 15.3. The molecule has 0 aromatic rings. The van der Waals surface area contributed by atoms with Crippen molar-refractivity contribution in [2.24, 2.45) is 0 Å². The van der Waals surface area contributed by atoms with Gasteiger partial charge in [-0.15, -0.1) is 0 Å². The van der Waals surface area contributed by atoms with Crippen molar-refractivity contribution in [1.29, 1.82) is 0 Å². The number of hydrogen-bond acceptors (Lipinski definition) is 1. The normalized spacial score (nSPS) is 43.0. The lowest BCUT2D eigenvalue weighted by atomic mass is 9.99. The Morgan fingerprint density at radius 1 is 1.42 bits per heavy atom. The quantitative estimate of drug-likeness (QED) is 0.569. The van der Waals surface area contributed by atoms with Crippen LogP contribution in [0, 0.1) is 0 Å². The molecule has 0 aromatic heterocycles. The molecule has 2 nitrogen and oxygen atoms in total. The highest BCUT2D eigenvalue weighted by Gasteiger charge is 2.39. The van der Waals surface area contributed by atoms with Crippen molar-refractivity contribution in [1.82, 2.24) is 4.90 Å². The molecule has 2 heterocycles. The van der Waals surface area contributed by atoms with Crippen LogP contribution in [0.3, 0.4) is 0 Å². The first-order chi connectivity index (χ1) is 5.83. The molecule has 2 aliphatic rings. The Balaban J connectivity index is 2.06. The molecule has 12 heavy (non-hydrogen) atoms. The summed E-state index contributed by atoms with van der Waals surface area (Å²) in [5, 5.41) is 0. The summed E-state index contributed by atoms with van der Waals surface area (Å²) in [6.45, 7) is 6.41. The lowest BCUT2D eigenvalue weighted by molar-refractivity contribution is -0.914. The molecular formula is C10H21N2+. The van der Waals surface area contributed by atoms with Gasteiger partial charge in [-0.2, -0.15) is 0 Å². The second-order valence-corrected chi connectivity index (χ2v) is 4.36. The second-order valence-electron chi connectivity index (χ2n) is 4.36. The van der Waals surface area contributed by atoms with Crippen molar-refractivity contribution in [2.75, 3.05) is 26.7 Å². The molecule has 1 N–H and O–H groups in total. The fourth-order valence-electron chi connectivity index (χ4n) is 3.04. The molecule has 0 spiro atoms. The summed E-state index contributed by atoms with van der Waals surface area (Å²) in [5.74, 6) is 0. The molecule has 0 bridgehead atoms. The van der Waals surface area contributed by atoms with Gasteiger partial charge in [0.2, 0.25) is 0 Å². The van der Waals surface area contributed by atoms with E-state index in [2.05, 4.69) is 18.9 Å². The van der Waals surface area contributed by atoms with Crippen LogP contribution in [0.1, 0.15) is 26.2 Å². The number of nitrogens with zero attached hydrogens (tertiary/aromatic N) is 1. The minimum atomic E-state index is 0.918. The molecular weight excluding hydrogens is 148 g/mol. The third kappa shape index (κ3) is 1.27. The van der Waals surface area contributed by atoms with Crippen LogP contribution in [0.4, 0.5) is 0 Å². The van der Waals surface area contributed by atoms with Crippen LogP contribution in [0.15, 0.2) is 0 Å². The van der Waals surface area contributed by atoms with Crippen LogP contribution in [0.5, 0.6) is 0 Å². The largest absolute Gasteiger partial charge is 0.333 e. The average molecular weight is 169 g/mol. The number of quaternary nitrogens is 1. The van der Waals surface area contributed by atoms with Crippen LogP contribution in [-0.2, 0) is 0 Å². The summed E-state index contributed by atoms with van der Waals surface area (Å²) < 4.78 is 0. The Kier molecular flexibility index (Phi) is 2.37. The van der Waals surface area contributed by atoms with Gasteiger partial charge in [-0.3, -0.25) is 4.90 Å². The molecule has 0 aromatic carbocycles. The van der Waals surface area contributed by atoms with E-state index in [1.54, 1.807) is 4.90 Å². The predicted octanol–water partition coefficient (Wildman–Crippen LogP) is -0.242. The van der Waals surface area contributed by atoms with E-state index in [9.17, 15) is 0 Å². The van der Waals surface area contributed by atoms with Gasteiger partial charge in [0.05, 0.1) is 19.6 Å². The fourth-order valence-corrected chi connectivity index (χ4v) is 3.04. The Morgan fingerprint density at radius 2 is 2.25 bits per heavy atom. The maximum atomic E-state index is 2.71. The topological polar surface area (TPSA) is 7.68 Å².